The second-order valence-corrected chi connectivity index (χ2v) is 2.68. The Hall–Kier alpha value is 0.640. The van der Waals surface area contributed by atoms with E-state index < -0.39 is 0 Å². The number of hydrogen-bond acceptors (Lipinski definition) is 2. The standard InChI is InChI=1S/C3H10NOP.ClH/c1-4(2)6-5-3;/h6H,1-3H3;1H. The third kappa shape index (κ3) is 10.8. The van der Waals surface area contributed by atoms with E-state index in [0.717, 1.165) is 0 Å². The fourth-order valence-electron chi connectivity index (χ4n) is 0.183. The molecule has 0 fully saturated rings. The van der Waals surface area contributed by atoms with Crippen LogP contribution >= 0.6 is 21.4 Å². The SMILES string of the molecule is COPN(C)C.Cl. The fourth-order valence-corrected chi connectivity index (χ4v) is 0.548. The van der Waals surface area contributed by atoms with Crippen molar-refractivity contribution in [1.29, 1.82) is 0 Å². The van der Waals surface area contributed by atoms with Gasteiger partial charge in [0.05, 0.1) is 8.96 Å². The molecule has 0 aliphatic heterocycles. The van der Waals surface area contributed by atoms with Gasteiger partial charge in [0.25, 0.3) is 0 Å². The first-order valence-electron chi connectivity index (χ1n) is 1.73. The third-order valence-electron chi connectivity index (χ3n) is 0.274. The Morgan fingerprint density at radius 2 is 1.86 bits per heavy atom. The van der Waals surface area contributed by atoms with Crippen LogP contribution < -0.4 is 0 Å². The van der Waals surface area contributed by atoms with Gasteiger partial charge in [0, 0.05) is 7.11 Å². The average Bonchev–Trinajstić information content (AvgIpc) is 1.35. The minimum Gasteiger partial charge on any atom is -0.350 e. The fraction of sp³-hybridized carbons (Fsp3) is 1.00. The quantitative estimate of drug-likeness (QED) is 0.538. The van der Waals surface area contributed by atoms with E-state index in [1.165, 1.54) is 0 Å². The van der Waals surface area contributed by atoms with Crippen LogP contribution in [0, 0.1) is 0 Å². The lowest BCUT2D eigenvalue weighted by Gasteiger charge is -2.03. The summed E-state index contributed by atoms with van der Waals surface area (Å²) < 4.78 is 6.74. The Bertz CT molecular complexity index is 36.1. The predicted molar refractivity (Wildman–Crippen MR) is 36.3 cm³/mol. The van der Waals surface area contributed by atoms with Gasteiger partial charge in [-0.2, -0.15) is 0 Å². The summed E-state index contributed by atoms with van der Waals surface area (Å²) >= 11 is 0. The molecule has 0 rings (SSSR count). The maximum absolute atomic E-state index is 4.76. The monoisotopic (exact) mass is 143 g/mol. The molecule has 0 saturated carbocycles. The van der Waals surface area contributed by atoms with Gasteiger partial charge in [-0.3, -0.25) is 4.67 Å². The molecule has 0 heterocycles. The highest BCUT2D eigenvalue weighted by Gasteiger charge is 1.79. The van der Waals surface area contributed by atoms with E-state index in [-0.39, 0.29) is 12.4 Å². The van der Waals surface area contributed by atoms with Crippen LogP contribution in [0.3, 0.4) is 0 Å². The minimum atomic E-state index is 0. The van der Waals surface area contributed by atoms with Gasteiger partial charge in [0.15, 0.2) is 0 Å². The number of nitrogens with zero attached hydrogens (tertiary/aromatic N) is 1. The zero-order chi connectivity index (χ0) is 4.99. The lowest BCUT2D eigenvalue weighted by atomic mass is 11.3. The van der Waals surface area contributed by atoms with Gasteiger partial charge >= 0.3 is 0 Å². The molecular formula is C3H11ClNOP. The molecular weight excluding hydrogens is 132 g/mol. The van der Waals surface area contributed by atoms with Gasteiger partial charge in [-0.15, -0.1) is 12.4 Å². The Kier molecular flexibility index (Phi) is 10.0. The van der Waals surface area contributed by atoms with Crippen LogP contribution in [0.25, 0.3) is 0 Å². The summed E-state index contributed by atoms with van der Waals surface area (Å²) in [6, 6.07) is 0. The summed E-state index contributed by atoms with van der Waals surface area (Å²) in [6.45, 7) is 0. The molecule has 1 atom stereocenters. The molecule has 0 bridgehead atoms. The van der Waals surface area contributed by atoms with E-state index in [4.69, 9.17) is 4.52 Å². The largest absolute Gasteiger partial charge is 0.350 e. The summed E-state index contributed by atoms with van der Waals surface area (Å²) in [7, 11) is 6.15. The Labute approximate surface area is 52.6 Å². The molecule has 0 aliphatic carbocycles. The molecule has 0 amide bonds. The van der Waals surface area contributed by atoms with Crippen LogP contribution in [0.4, 0.5) is 0 Å². The van der Waals surface area contributed by atoms with Crippen molar-refractivity contribution in [3.8, 4) is 0 Å². The van der Waals surface area contributed by atoms with Crippen LogP contribution in [0.5, 0.6) is 0 Å². The molecule has 0 aromatic carbocycles. The van der Waals surface area contributed by atoms with Crippen LogP contribution in [0.2, 0.25) is 0 Å². The van der Waals surface area contributed by atoms with Crippen LogP contribution in [-0.4, -0.2) is 25.9 Å². The number of hydrogen-bond donors (Lipinski definition) is 0. The molecule has 0 saturated heterocycles. The Morgan fingerprint density at radius 1 is 1.43 bits per heavy atom. The zero-order valence-electron chi connectivity index (χ0n) is 4.76. The van der Waals surface area contributed by atoms with Crippen molar-refractivity contribution in [2.75, 3.05) is 21.2 Å². The van der Waals surface area contributed by atoms with E-state index in [2.05, 4.69) is 0 Å². The van der Waals surface area contributed by atoms with Crippen molar-refractivity contribution in [2.45, 2.75) is 0 Å². The first-order chi connectivity index (χ1) is 2.77. The van der Waals surface area contributed by atoms with Crippen molar-refractivity contribution in [2.24, 2.45) is 0 Å². The van der Waals surface area contributed by atoms with Crippen LogP contribution in [0.1, 0.15) is 0 Å². The lowest BCUT2D eigenvalue weighted by molar-refractivity contribution is 0.437. The second kappa shape index (κ2) is 6.64. The van der Waals surface area contributed by atoms with E-state index in [9.17, 15) is 0 Å². The van der Waals surface area contributed by atoms with Crippen molar-refractivity contribution in [3.05, 3.63) is 0 Å². The normalized spacial score (nSPS) is 10.3. The minimum absolute atomic E-state index is 0. The first-order valence-corrected chi connectivity index (χ1v) is 2.59. The summed E-state index contributed by atoms with van der Waals surface area (Å²) in [5.41, 5.74) is 0. The third-order valence-corrected chi connectivity index (χ3v) is 0.822. The zero-order valence-corrected chi connectivity index (χ0v) is 6.58. The summed E-state index contributed by atoms with van der Waals surface area (Å²) in [6.07, 6.45) is 0. The highest BCUT2D eigenvalue weighted by atomic mass is 35.5. The molecule has 0 aromatic rings. The molecule has 4 heteroatoms. The lowest BCUT2D eigenvalue weighted by Crippen LogP contribution is -1.95. The molecule has 0 aromatic heterocycles. The first kappa shape index (κ1) is 10.6. The van der Waals surface area contributed by atoms with Gasteiger partial charge < -0.3 is 4.52 Å². The highest BCUT2D eigenvalue weighted by Crippen LogP contribution is 2.09. The molecule has 0 radical (unpaired) electrons. The van der Waals surface area contributed by atoms with Gasteiger partial charge in [-0.25, -0.2) is 0 Å². The molecule has 0 spiro atoms. The maximum atomic E-state index is 4.76. The topological polar surface area (TPSA) is 12.5 Å². The van der Waals surface area contributed by atoms with Crippen molar-refractivity contribution < 1.29 is 4.52 Å². The summed E-state index contributed by atoms with van der Waals surface area (Å²) in [5.74, 6) is 0. The van der Waals surface area contributed by atoms with Crippen molar-refractivity contribution in [3.63, 3.8) is 0 Å². The number of halogens is 1. The predicted octanol–water partition coefficient (Wildman–Crippen LogP) is 1.12. The van der Waals surface area contributed by atoms with Gasteiger partial charge in [0.2, 0.25) is 0 Å². The van der Waals surface area contributed by atoms with E-state index in [1.54, 1.807) is 7.11 Å². The molecule has 0 aliphatic rings. The van der Waals surface area contributed by atoms with Crippen LogP contribution in [-0.2, 0) is 4.52 Å². The smallest absolute Gasteiger partial charge is 0.0879 e. The molecule has 2 nitrogen and oxygen atoms in total. The number of rotatable bonds is 2. The van der Waals surface area contributed by atoms with Gasteiger partial charge in [-0.05, 0) is 14.1 Å². The van der Waals surface area contributed by atoms with Gasteiger partial charge in [-0.1, -0.05) is 0 Å². The molecule has 1 unspecified atom stereocenters. The Morgan fingerprint density at radius 3 is 1.86 bits per heavy atom. The van der Waals surface area contributed by atoms with E-state index in [1.807, 2.05) is 18.8 Å². The average molecular weight is 144 g/mol. The molecule has 7 heavy (non-hydrogen) atoms. The maximum Gasteiger partial charge on any atom is 0.0879 e. The van der Waals surface area contributed by atoms with Crippen molar-refractivity contribution >= 4 is 21.4 Å². The van der Waals surface area contributed by atoms with E-state index >= 15 is 0 Å². The second-order valence-electron chi connectivity index (χ2n) is 1.19. The molecule has 46 valence electrons. The van der Waals surface area contributed by atoms with E-state index in [0.29, 0.717) is 8.96 Å². The van der Waals surface area contributed by atoms with Gasteiger partial charge in [0.1, 0.15) is 0 Å². The molecule has 0 N–H and O–H groups in total. The van der Waals surface area contributed by atoms with Crippen molar-refractivity contribution in [1.82, 2.24) is 4.67 Å². The van der Waals surface area contributed by atoms with Crippen LogP contribution in [0.15, 0.2) is 0 Å². The Balaban J connectivity index is 0. The summed E-state index contributed by atoms with van der Waals surface area (Å²) in [5, 5.41) is 0. The summed E-state index contributed by atoms with van der Waals surface area (Å²) in [4.78, 5) is 0. The highest BCUT2D eigenvalue weighted by molar-refractivity contribution is 7.29.